The minimum Gasteiger partial charge on any atom is -0.350 e. The van der Waals surface area contributed by atoms with Gasteiger partial charge in [-0.1, -0.05) is 6.92 Å². The maximum Gasteiger partial charge on any atom is 0.233 e. The normalized spacial score (nSPS) is 13.8. The molecule has 0 aromatic rings. The average molecular weight is 218 g/mol. The van der Waals surface area contributed by atoms with E-state index in [1.807, 2.05) is 20.8 Å². The molecule has 0 saturated heterocycles. The smallest absolute Gasteiger partial charge is 0.233 e. The van der Waals surface area contributed by atoms with E-state index in [0.717, 1.165) is 12.2 Å². The summed E-state index contributed by atoms with van der Waals surface area (Å²) in [6, 6.07) is 0. The molecule has 1 atom stereocenters. The van der Waals surface area contributed by atoms with Crippen LogP contribution in [-0.2, 0) is 4.79 Å². The number of carbonyl (C=O) groups is 1. The molecule has 3 nitrogen and oxygen atoms in total. The molecule has 0 rings (SSSR count). The van der Waals surface area contributed by atoms with Crippen LogP contribution in [0.5, 0.6) is 0 Å². The Balaban J connectivity index is 3.95. The Morgan fingerprint density at radius 3 is 2.57 bits per heavy atom. The molecule has 3 N–H and O–H groups in total. The molecule has 4 heteroatoms. The zero-order chi connectivity index (χ0) is 11.2. The monoisotopic (exact) mass is 218 g/mol. The van der Waals surface area contributed by atoms with Crippen LogP contribution in [0.4, 0.5) is 0 Å². The first kappa shape index (κ1) is 13.8. The third kappa shape index (κ3) is 5.50. The molecule has 0 saturated carbocycles. The highest BCUT2D eigenvalue weighted by atomic mass is 32.2. The van der Waals surface area contributed by atoms with Crippen LogP contribution in [0, 0.1) is 0 Å². The number of hydrogen-bond donors (Lipinski definition) is 2. The lowest BCUT2D eigenvalue weighted by molar-refractivity contribution is -0.121. The summed E-state index contributed by atoms with van der Waals surface area (Å²) in [4.78, 5) is 11.7. The Labute approximate surface area is 91.2 Å². The number of rotatable bonds is 6. The highest BCUT2D eigenvalue weighted by molar-refractivity contribution is 8.00. The van der Waals surface area contributed by atoms with Crippen molar-refractivity contribution in [2.45, 2.75) is 44.9 Å². The quantitative estimate of drug-likeness (QED) is 0.708. The van der Waals surface area contributed by atoms with Gasteiger partial charge in [0, 0.05) is 17.8 Å². The summed E-state index contributed by atoms with van der Waals surface area (Å²) in [5, 5.41) is 3.00. The number of nitrogens with two attached hydrogens (primary N) is 1. The first-order chi connectivity index (χ1) is 6.43. The maximum absolute atomic E-state index is 11.7. The van der Waals surface area contributed by atoms with Crippen LogP contribution >= 0.6 is 11.8 Å². The van der Waals surface area contributed by atoms with Crippen molar-refractivity contribution in [3.05, 3.63) is 0 Å². The lowest BCUT2D eigenvalue weighted by atomic mass is 10.0. The van der Waals surface area contributed by atoms with E-state index in [9.17, 15) is 4.79 Å². The van der Waals surface area contributed by atoms with E-state index >= 15 is 0 Å². The summed E-state index contributed by atoms with van der Waals surface area (Å²) in [6.07, 6.45) is 0.938. The minimum atomic E-state index is -0.103. The molecule has 1 unspecified atom stereocenters. The Morgan fingerprint density at radius 2 is 2.14 bits per heavy atom. The van der Waals surface area contributed by atoms with Crippen molar-refractivity contribution in [2.24, 2.45) is 5.73 Å². The van der Waals surface area contributed by atoms with Crippen LogP contribution < -0.4 is 11.1 Å². The van der Waals surface area contributed by atoms with Crippen LogP contribution in [0.2, 0.25) is 0 Å². The van der Waals surface area contributed by atoms with E-state index in [2.05, 4.69) is 12.2 Å². The molecular weight excluding hydrogens is 196 g/mol. The molecule has 0 aromatic heterocycles. The molecule has 14 heavy (non-hydrogen) atoms. The fraction of sp³-hybridized carbons (Fsp3) is 0.900. The second-order valence-electron chi connectivity index (χ2n) is 4.03. The molecule has 0 spiro atoms. The fourth-order valence-corrected chi connectivity index (χ4v) is 1.54. The summed E-state index contributed by atoms with van der Waals surface area (Å²) < 4.78 is 0. The summed E-state index contributed by atoms with van der Waals surface area (Å²) in [5.74, 6) is 0.941. The zero-order valence-corrected chi connectivity index (χ0v) is 10.4. The highest BCUT2D eigenvalue weighted by Gasteiger charge is 2.21. The van der Waals surface area contributed by atoms with Gasteiger partial charge in [-0.05, 0) is 27.2 Å². The van der Waals surface area contributed by atoms with Crippen molar-refractivity contribution in [2.75, 3.05) is 12.3 Å². The topological polar surface area (TPSA) is 55.1 Å². The van der Waals surface area contributed by atoms with Crippen molar-refractivity contribution < 1.29 is 4.79 Å². The van der Waals surface area contributed by atoms with Crippen LogP contribution in [0.3, 0.4) is 0 Å². The van der Waals surface area contributed by atoms with E-state index in [1.54, 1.807) is 11.8 Å². The predicted molar refractivity (Wildman–Crippen MR) is 63.5 cm³/mol. The Kier molecular flexibility index (Phi) is 6.20. The number of thioether (sulfide) groups is 1. The maximum atomic E-state index is 11.7. The van der Waals surface area contributed by atoms with Crippen LogP contribution in [0.15, 0.2) is 0 Å². The lowest BCUT2D eigenvalue weighted by Crippen LogP contribution is -2.46. The molecule has 0 heterocycles. The van der Waals surface area contributed by atoms with Gasteiger partial charge in [-0.15, -0.1) is 11.8 Å². The van der Waals surface area contributed by atoms with Gasteiger partial charge in [0.05, 0.1) is 5.25 Å². The second-order valence-corrected chi connectivity index (χ2v) is 5.48. The summed E-state index contributed by atoms with van der Waals surface area (Å²) in [7, 11) is 0. The van der Waals surface area contributed by atoms with Gasteiger partial charge >= 0.3 is 0 Å². The summed E-state index contributed by atoms with van der Waals surface area (Å²) >= 11 is 1.60. The molecule has 0 aromatic carbocycles. The molecular formula is C10H22N2OS. The molecule has 0 aliphatic heterocycles. The van der Waals surface area contributed by atoms with Gasteiger partial charge in [-0.2, -0.15) is 0 Å². The molecule has 84 valence electrons. The SMILES string of the molecule is CCC(C)(C)NC(=O)C(C)SCCN. The first-order valence-electron chi connectivity index (χ1n) is 5.06. The van der Waals surface area contributed by atoms with E-state index in [4.69, 9.17) is 5.73 Å². The number of amides is 1. The van der Waals surface area contributed by atoms with Crippen molar-refractivity contribution in [3.63, 3.8) is 0 Å². The molecule has 0 fully saturated rings. The van der Waals surface area contributed by atoms with E-state index in [0.29, 0.717) is 6.54 Å². The Morgan fingerprint density at radius 1 is 1.57 bits per heavy atom. The third-order valence-electron chi connectivity index (χ3n) is 2.20. The highest BCUT2D eigenvalue weighted by Crippen LogP contribution is 2.13. The van der Waals surface area contributed by atoms with Crippen molar-refractivity contribution in [3.8, 4) is 0 Å². The third-order valence-corrected chi connectivity index (χ3v) is 3.39. The number of nitrogens with one attached hydrogen (secondary N) is 1. The lowest BCUT2D eigenvalue weighted by Gasteiger charge is -2.26. The Hall–Kier alpha value is -0.220. The minimum absolute atomic E-state index is 0.00984. The summed E-state index contributed by atoms with van der Waals surface area (Å²) in [6.45, 7) is 8.68. The second kappa shape index (κ2) is 6.30. The van der Waals surface area contributed by atoms with Gasteiger partial charge in [0.2, 0.25) is 5.91 Å². The van der Waals surface area contributed by atoms with Crippen molar-refractivity contribution >= 4 is 17.7 Å². The first-order valence-corrected chi connectivity index (χ1v) is 6.11. The van der Waals surface area contributed by atoms with Gasteiger partial charge in [0.25, 0.3) is 0 Å². The van der Waals surface area contributed by atoms with Crippen molar-refractivity contribution in [1.82, 2.24) is 5.32 Å². The fourth-order valence-electron chi connectivity index (χ4n) is 0.844. The van der Waals surface area contributed by atoms with E-state index in [-0.39, 0.29) is 16.7 Å². The van der Waals surface area contributed by atoms with Gasteiger partial charge in [-0.25, -0.2) is 0 Å². The molecule has 0 radical (unpaired) electrons. The number of carbonyl (C=O) groups excluding carboxylic acids is 1. The van der Waals surface area contributed by atoms with Gasteiger partial charge < -0.3 is 11.1 Å². The molecule has 0 aliphatic rings. The Bertz CT molecular complexity index is 183. The molecule has 0 aliphatic carbocycles. The van der Waals surface area contributed by atoms with Crippen LogP contribution in [0.1, 0.15) is 34.1 Å². The van der Waals surface area contributed by atoms with E-state index in [1.165, 1.54) is 0 Å². The van der Waals surface area contributed by atoms with Gasteiger partial charge in [0.1, 0.15) is 0 Å². The summed E-state index contributed by atoms with van der Waals surface area (Å²) in [5.41, 5.74) is 5.28. The van der Waals surface area contributed by atoms with Crippen LogP contribution in [0.25, 0.3) is 0 Å². The zero-order valence-electron chi connectivity index (χ0n) is 9.59. The van der Waals surface area contributed by atoms with Gasteiger partial charge in [0.15, 0.2) is 0 Å². The predicted octanol–water partition coefficient (Wildman–Crippen LogP) is 1.37. The van der Waals surface area contributed by atoms with E-state index < -0.39 is 0 Å². The van der Waals surface area contributed by atoms with Crippen molar-refractivity contribution in [1.29, 1.82) is 0 Å². The molecule has 1 amide bonds. The van der Waals surface area contributed by atoms with Crippen LogP contribution in [-0.4, -0.2) is 29.0 Å². The number of hydrogen-bond acceptors (Lipinski definition) is 3. The standard InChI is InChI=1S/C10H22N2OS/c1-5-10(3,4)12-9(13)8(2)14-7-6-11/h8H,5-7,11H2,1-4H3,(H,12,13). The average Bonchev–Trinajstić information content (AvgIpc) is 2.13. The largest absolute Gasteiger partial charge is 0.350 e. The van der Waals surface area contributed by atoms with Gasteiger partial charge in [-0.3, -0.25) is 4.79 Å². The molecule has 0 bridgehead atoms.